The Morgan fingerprint density at radius 1 is 1.06 bits per heavy atom. The normalized spacial score (nSPS) is 19.5. The summed E-state index contributed by atoms with van der Waals surface area (Å²) in [5, 5.41) is 0. The lowest BCUT2D eigenvalue weighted by Crippen LogP contribution is -2.26. The third-order valence-electron chi connectivity index (χ3n) is 3.24. The first-order valence-electron chi connectivity index (χ1n) is 5.56. The van der Waals surface area contributed by atoms with Crippen molar-refractivity contribution >= 4 is 5.69 Å². The Kier molecular flexibility index (Phi) is 2.17. The van der Waals surface area contributed by atoms with E-state index in [-0.39, 0.29) is 0 Å². The van der Waals surface area contributed by atoms with Crippen LogP contribution in [-0.2, 0) is 6.54 Å². The summed E-state index contributed by atoms with van der Waals surface area (Å²) in [7, 11) is 4.27. The molecule has 0 atom stereocenters. The Morgan fingerprint density at radius 3 is 2.62 bits per heavy atom. The molecule has 3 rings (SSSR count). The van der Waals surface area contributed by atoms with Gasteiger partial charge < -0.3 is 19.3 Å². The van der Waals surface area contributed by atoms with Crippen LogP contribution in [0.15, 0.2) is 12.1 Å². The molecule has 0 saturated carbocycles. The van der Waals surface area contributed by atoms with E-state index in [4.69, 9.17) is 9.47 Å². The van der Waals surface area contributed by atoms with E-state index in [1.807, 2.05) is 0 Å². The molecule has 4 heteroatoms. The van der Waals surface area contributed by atoms with Gasteiger partial charge in [0.1, 0.15) is 0 Å². The number of rotatable bonds is 0. The first kappa shape index (κ1) is 9.78. The van der Waals surface area contributed by atoms with Crippen molar-refractivity contribution in [1.29, 1.82) is 0 Å². The molecule has 86 valence electrons. The molecule has 0 unspecified atom stereocenters. The zero-order valence-electron chi connectivity index (χ0n) is 9.69. The third-order valence-corrected chi connectivity index (χ3v) is 3.24. The summed E-state index contributed by atoms with van der Waals surface area (Å²) in [4.78, 5) is 4.60. The van der Waals surface area contributed by atoms with Gasteiger partial charge in [0.05, 0.1) is 0 Å². The fourth-order valence-electron chi connectivity index (χ4n) is 2.27. The molecule has 2 aliphatic rings. The van der Waals surface area contributed by atoms with Crippen LogP contribution in [0, 0.1) is 0 Å². The lowest BCUT2D eigenvalue weighted by Gasteiger charge is -2.19. The standard InChI is InChI=1S/C12H16N2O2/c1-13-3-4-14(2)10-6-12-11(15-8-16-12)5-9(10)7-13/h5-6H,3-4,7-8H2,1-2H3. The first-order chi connectivity index (χ1) is 7.74. The summed E-state index contributed by atoms with van der Waals surface area (Å²) in [6, 6.07) is 4.20. The molecule has 0 radical (unpaired) electrons. The molecule has 0 bridgehead atoms. The highest BCUT2D eigenvalue weighted by atomic mass is 16.7. The number of hydrogen-bond acceptors (Lipinski definition) is 4. The highest BCUT2D eigenvalue weighted by Crippen LogP contribution is 2.39. The van der Waals surface area contributed by atoms with E-state index in [0.29, 0.717) is 6.79 Å². The fourth-order valence-corrected chi connectivity index (χ4v) is 2.27. The van der Waals surface area contributed by atoms with Gasteiger partial charge in [-0.15, -0.1) is 0 Å². The molecular weight excluding hydrogens is 204 g/mol. The summed E-state index contributed by atoms with van der Waals surface area (Å²) in [6.45, 7) is 3.44. The van der Waals surface area contributed by atoms with E-state index < -0.39 is 0 Å². The van der Waals surface area contributed by atoms with Crippen LogP contribution >= 0.6 is 0 Å². The van der Waals surface area contributed by atoms with E-state index in [1.165, 1.54) is 11.3 Å². The minimum absolute atomic E-state index is 0.345. The van der Waals surface area contributed by atoms with Gasteiger partial charge in [-0.25, -0.2) is 0 Å². The van der Waals surface area contributed by atoms with Crippen molar-refractivity contribution in [2.45, 2.75) is 6.54 Å². The van der Waals surface area contributed by atoms with Crippen LogP contribution in [0.25, 0.3) is 0 Å². The Hall–Kier alpha value is -1.42. The van der Waals surface area contributed by atoms with Gasteiger partial charge >= 0.3 is 0 Å². The summed E-state index contributed by atoms with van der Waals surface area (Å²) in [5.74, 6) is 1.75. The molecule has 0 spiro atoms. The van der Waals surface area contributed by atoms with Gasteiger partial charge in [-0.05, 0) is 18.7 Å². The minimum atomic E-state index is 0.345. The molecule has 0 amide bonds. The number of benzene rings is 1. The molecule has 4 nitrogen and oxygen atoms in total. The van der Waals surface area contributed by atoms with E-state index in [2.05, 4.69) is 36.0 Å². The molecule has 2 heterocycles. The Morgan fingerprint density at radius 2 is 1.81 bits per heavy atom. The maximum absolute atomic E-state index is 5.42. The fraction of sp³-hybridized carbons (Fsp3) is 0.500. The molecule has 0 fully saturated rings. The van der Waals surface area contributed by atoms with Crippen molar-refractivity contribution in [3.05, 3.63) is 17.7 Å². The van der Waals surface area contributed by atoms with Crippen LogP contribution in [0.2, 0.25) is 0 Å². The van der Waals surface area contributed by atoms with Gasteiger partial charge in [0.25, 0.3) is 0 Å². The summed E-state index contributed by atoms with van der Waals surface area (Å²) < 4.78 is 10.8. The predicted octanol–water partition coefficient (Wildman–Crippen LogP) is 1.30. The summed E-state index contributed by atoms with van der Waals surface area (Å²) in [6.07, 6.45) is 0. The Labute approximate surface area is 95.4 Å². The van der Waals surface area contributed by atoms with Crippen molar-refractivity contribution < 1.29 is 9.47 Å². The van der Waals surface area contributed by atoms with Gasteiger partial charge in [-0.3, -0.25) is 0 Å². The highest BCUT2D eigenvalue weighted by Gasteiger charge is 2.21. The highest BCUT2D eigenvalue weighted by molar-refractivity contribution is 5.62. The van der Waals surface area contributed by atoms with Crippen molar-refractivity contribution in [3.8, 4) is 11.5 Å². The number of likely N-dealkylation sites (N-methyl/N-ethyl adjacent to an activating group) is 2. The number of fused-ring (bicyclic) bond motifs is 2. The van der Waals surface area contributed by atoms with Gasteiger partial charge in [0, 0.05) is 38.4 Å². The molecule has 0 N–H and O–H groups in total. The average Bonchev–Trinajstić information content (AvgIpc) is 2.66. The summed E-state index contributed by atoms with van der Waals surface area (Å²) >= 11 is 0. The van der Waals surface area contributed by atoms with Crippen LogP contribution in [-0.4, -0.2) is 38.9 Å². The van der Waals surface area contributed by atoms with Crippen LogP contribution in [0.3, 0.4) is 0 Å². The number of nitrogens with zero attached hydrogens (tertiary/aromatic N) is 2. The SMILES string of the molecule is CN1CCN(C)c2cc3c(cc2C1)OCO3. The second-order valence-corrected chi connectivity index (χ2v) is 4.49. The van der Waals surface area contributed by atoms with Gasteiger partial charge in [0.2, 0.25) is 6.79 Å². The lowest BCUT2D eigenvalue weighted by atomic mass is 10.1. The average molecular weight is 220 g/mol. The van der Waals surface area contributed by atoms with Crippen LogP contribution < -0.4 is 14.4 Å². The minimum Gasteiger partial charge on any atom is -0.454 e. The largest absolute Gasteiger partial charge is 0.454 e. The quantitative estimate of drug-likeness (QED) is 0.658. The van der Waals surface area contributed by atoms with E-state index in [1.54, 1.807) is 0 Å². The molecule has 16 heavy (non-hydrogen) atoms. The van der Waals surface area contributed by atoms with Crippen molar-refractivity contribution in [2.75, 3.05) is 38.9 Å². The second-order valence-electron chi connectivity index (χ2n) is 4.49. The molecule has 0 aromatic heterocycles. The van der Waals surface area contributed by atoms with Gasteiger partial charge in [-0.2, -0.15) is 0 Å². The van der Waals surface area contributed by atoms with Crippen molar-refractivity contribution in [3.63, 3.8) is 0 Å². The molecule has 1 aromatic rings. The van der Waals surface area contributed by atoms with Crippen LogP contribution in [0.1, 0.15) is 5.56 Å². The molecule has 0 saturated heterocycles. The van der Waals surface area contributed by atoms with Crippen molar-refractivity contribution in [1.82, 2.24) is 4.90 Å². The zero-order valence-corrected chi connectivity index (χ0v) is 9.69. The van der Waals surface area contributed by atoms with Crippen LogP contribution in [0.4, 0.5) is 5.69 Å². The molecule has 0 aliphatic carbocycles. The first-order valence-corrected chi connectivity index (χ1v) is 5.56. The third kappa shape index (κ3) is 1.50. The Bertz CT molecular complexity index is 420. The van der Waals surface area contributed by atoms with E-state index in [9.17, 15) is 0 Å². The smallest absolute Gasteiger partial charge is 0.231 e. The second kappa shape index (κ2) is 3.56. The molecular formula is C12H16N2O2. The zero-order chi connectivity index (χ0) is 11.1. The number of ether oxygens (including phenoxy) is 2. The Balaban J connectivity index is 2.07. The van der Waals surface area contributed by atoms with E-state index in [0.717, 1.165) is 31.1 Å². The number of anilines is 1. The van der Waals surface area contributed by atoms with Gasteiger partial charge in [-0.1, -0.05) is 0 Å². The lowest BCUT2D eigenvalue weighted by molar-refractivity contribution is 0.174. The predicted molar refractivity (Wildman–Crippen MR) is 62.2 cm³/mol. The summed E-state index contributed by atoms with van der Waals surface area (Å²) in [5.41, 5.74) is 2.57. The monoisotopic (exact) mass is 220 g/mol. The van der Waals surface area contributed by atoms with Crippen molar-refractivity contribution in [2.24, 2.45) is 0 Å². The topological polar surface area (TPSA) is 24.9 Å². The van der Waals surface area contributed by atoms with Crippen LogP contribution in [0.5, 0.6) is 11.5 Å². The maximum atomic E-state index is 5.42. The van der Waals surface area contributed by atoms with E-state index >= 15 is 0 Å². The van der Waals surface area contributed by atoms with Gasteiger partial charge in [0.15, 0.2) is 11.5 Å². The molecule has 1 aromatic carbocycles. The number of hydrogen-bond donors (Lipinski definition) is 0. The maximum Gasteiger partial charge on any atom is 0.231 e. The molecule has 2 aliphatic heterocycles.